The Kier molecular flexibility index (Phi) is 6.49. The van der Waals surface area contributed by atoms with E-state index in [4.69, 9.17) is 16.3 Å². The van der Waals surface area contributed by atoms with Crippen molar-refractivity contribution < 1.29 is 14.3 Å². The lowest BCUT2D eigenvalue weighted by atomic mass is 10.1. The number of thiophene rings is 1. The minimum absolute atomic E-state index is 0.0205. The van der Waals surface area contributed by atoms with E-state index in [0.717, 1.165) is 42.5 Å². The fraction of sp³-hybridized carbons (Fsp3) is 0.333. The Labute approximate surface area is 204 Å². The van der Waals surface area contributed by atoms with Crippen LogP contribution in [0.15, 0.2) is 41.3 Å². The van der Waals surface area contributed by atoms with Crippen molar-refractivity contribution >= 4 is 39.8 Å². The maximum Gasteiger partial charge on any atom is 0.280 e. The van der Waals surface area contributed by atoms with E-state index in [1.807, 2.05) is 0 Å². The summed E-state index contributed by atoms with van der Waals surface area (Å²) in [7, 11) is 0. The SMILES string of the molecule is O=C(NC[C@@H]1CCCO1)c1c(NC(=O)c2nn(-c3cccc(Cl)c3)ccc2=O)sc2c1CCC2. The van der Waals surface area contributed by atoms with Gasteiger partial charge in [-0.1, -0.05) is 17.7 Å². The molecular weight excluding hydrogens is 476 g/mol. The normalized spacial score (nSPS) is 16.9. The lowest BCUT2D eigenvalue weighted by molar-refractivity contribution is 0.0858. The smallest absolute Gasteiger partial charge is 0.280 e. The number of carbonyl (C=O) groups is 2. The van der Waals surface area contributed by atoms with Crippen molar-refractivity contribution in [2.24, 2.45) is 0 Å². The maximum atomic E-state index is 13.1. The van der Waals surface area contributed by atoms with Crippen molar-refractivity contribution in [2.45, 2.75) is 38.2 Å². The molecule has 1 aromatic carbocycles. The van der Waals surface area contributed by atoms with Gasteiger partial charge in [-0.15, -0.1) is 11.3 Å². The van der Waals surface area contributed by atoms with E-state index >= 15 is 0 Å². The van der Waals surface area contributed by atoms with Crippen LogP contribution in [-0.2, 0) is 17.6 Å². The first kappa shape index (κ1) is 22.8. The summed E-state index contributed by atoms with van der Waals surface area (Å²) in [6.45, 7) is 1.15. The highest BCUT2D eigenvalue weighted by Gasteiger charge is 2.29. The highest BCUT2D eigenvalue weighted by molar-refractivity contribution is 7.17. The largest absolute Gasteiger partial charge is 0.376 e. The van der Waals surface area contributed by atoms with Gasteiger partial charge in [-0.2, -0.15) is 5.10 Å². The van der Waals surface area contributed by atoms with E-state index in [1.54, 1.807) is 24.3 Å². The van der Waals surface area contributed by atoms with Crippen LogP contribution in [0.3, 0.4) is 0 Å². The lowest BCUT2D eigenvalue weighted by Gasteiger charge is -2.13. The van der Waals surface area contributed by atoms with Crippen LogP contribution in [-0.4, -0.2) is 40.9 Å². The number of hydrogen-bond acceptors (Lipinski definition) is 6. The molecule has 0 spiro atoms. The number of amides is 2. The molecule has 2 aliphatic rings. The second-order valence-electron chi connectivity index (χ2n) is 8.31. The molecular formula is C24H23ClN4O4S. The first-order chi connectivity index (χ1) is 16.5. The molecule has 2 aromatic heterocycles. The number of fused-ring (bicyclic) bond motifs is 1. The Hall–Kier alpha value is -3.01. The summed E-state index contributed by atoms with van der Waals surface area (Å²) in [5.74, 6) is -0.892. The molecule has 8 nitrogen and oxygen atoms in total. The molecule has 2 amide bonds. The van der Waals surface area contributed by atoms with Crippen molar-refractivity contribution in [1.82, 2.24) is 15.1 Å². The fourth-order valence-electron chi connectivity index (χ4n) is 4.32. The van der Waals surface area contributed by atoms with Gasteiger partial charge in [-0.25, -0.2) is 4.68 Å². The van der Waals surface area contributed by atoms with Crippen molar-refractivity contribution in [3.8, 4) is 5.69 Å². The average Bonchev–Trinajstić information content (AvgIpc) is 3.56. The number of anilines is 1. The molecule has 1 aliphatic heterocycles. The standard InChI is InChI=1S/C24H23ClN4O4S/c25-14-4-1-5-15(12-14)29-10-9-18(30)21(28-29)23(32)27-24-20(17-7-2-8-19(17)34-24)22(31)26-13-16-6-3-11-33-16/h1,4-5,9-10,12,16H,2-3,6-8,11,13H2,(H,26,31)(H,27,32)/t16-/m0/s1. The van der Waals surface area contributed by atoms with Crippen molar-refractivity contribution in [3.05, 3.63) is 73.5 Å². The van der Waals surface area contributed by atoms with Crippen LogP contribution in [0.5, 0.6) is 0 Å². The summed E-state index contributed by atoms with van der Waals surface area (Å²) < 4.78 is 7.02. The zero-order valence-electron chi connectivity index (χ0n) is 18.3. The highest BCUT2D eigenvalue weighted by atomic mass is 35.5. The number of nitrogens with one attached hydrogen (secondary N) is 2. The van der Waals surface area contributed by atoms with E-state index in [9.17, 15) is 14.4 Å². The van der Waals surface area contributed by atoms with Crippen LogP contribution in [0.4, 0.5) is 5.00 Å². The van der Waals surface area contributed by atoms with Gasteiger partial charge in [0.05, 0.1) is 17.4 Å². The summed E-state index contributed by atoms with van der Waals surface area (Å²) in [6.07, 6.45) is 6.05. The third kappa shape index (κ3) is 4.64. The van der Waals surface area contributed by atoms with Gasteiger partial charge in [0, 0.05) is 35.3 Å². The van der Waals surface area contributed by atoms with Gasteiger partial charge < -0.3 is 15.4 Å². The molecule has 2 N–H and O–H groups in total. The Morgan fingerprint density at radius 2 is 2.09 bits per heavy atom. The average molecular weight is 499 g/mol. The molecule has 1 aliphatic carbocycles. The summed E-state index contributed by atoms with van der Waals surface area (Å²) >= 11 is 7.45. The second kappa shape index (κ2) is 9.69. The van der Waals surface area contributed by atoms with E-state index in [1.165, 1.54) is 28.3 Å². The molecule has 1 saturated heterocycles. The van der Waals surface area contributed by atoms with Crippen LogP contribution in [0.25, 0.3) is 5.69 Å². The Morgan fingerprint density at radius 1 is 1.21 bits per heavy atom. The predicted molar refractivity (Wildman–Crippen MR) is 130 cm³/mol. The third-order valence-corrected chi connectivity index (χ3v) is 7.43. The Morgan fingerprint density at radius 3 is 2.88 bits per heavy atom. The number of ether oxygens (including phenoxy) is 1. The van der Waals surface area contributed by atoms with Crippen LogP contribution in [0.2, 0.25) is 5.02 Å². The number of halogens is 1. The molecule has 0 radical (unpaired) electrons. The number of benzene rings is 1. The van der Waals surface area contributed by atoms with E-state index in [0.29, 0.717) is 34.4 Å². The quantitative estimate of drug-likeness (QED) is 0.540. The Bertz CT molecular complexity index is 1310. The third-order valence-electron chi connectivity index (χ3n) is 5.99. The molecule has 1 atom stereocenters. The molecule has 3 heterocycles. The maximum absolute atomic E-state index is 13.1. The Balaban J connectivity index is 1.40. The number of aryl methyl sites for hydroxylation is 1. The predicted octanol–water partition coefficient (Wildman–Crippen LogP) is 3.60. The van der Waals surface area contributed by atoms with Gasteiger partial charge >= 0.3 is 0 Å². The molecule has 0 unspecified atom stereocenters. The number of rotatable bonds is 6. The van der Waals surface area contributed by atoms with Gasteiger partial charge in [-0.05, 0) is 55.9 Å². The summed E-state index contributed by atoms with van der Waals surface area (Å²) in [5, 5.41) is 10.9. The zero-order valence-corrected chi connectivity index (χ0v) is 19.9. The van der Waals surface area contributed by atoms with E-state index in [2.05, 4.69) is 15.7 Å². The number of hydrogen-bond donors (Lipinski definition) is 2. The monoisotopic (exact) mass is 498 g/mol. The van der Waals surface area contributed by atoms with E-state index < -0.39 is 11.3 Å². The van der Waals surface area contributed by atoms with Crippen molar-refractivity contribution in [3.63, 3.8) is 0 Å². The van der Waals surface area contributed by atoms with Gasteiger partial charge in [0.15, 0.2) is 5.69 Å². The molecule has 34 heavy (non-hydrogen) atoms. The number of carbonyl (C=O) groups excluding carboxylic acids is 2. The first-order valence-corrected chi connectivity index (χ1v) is 12.4. The van der Waals surface area contributed by atoms with Crippen LogP contribution < -0.4 is 16.1 Å². The summed E-state index contributed by atoms with van der Waals surface area (Å²) in [5.41, 5.74) is 1.30. The second-order valence-corrected chi connectivity index (χ2v) is 9.86. The molecule has 5 rings (SSSR count). The summed E-state index contributed by atoms with van der Waals surface area (Å²) in [4.78, 5) is 39.7. The van der Waals surface area contributed by atoms with Crippen molar-refractivity contribution in [2.75, 3.05) is 18.5 Å². The summed E-state index contributed by atoms with van der Waals surface area (Å²) in [6, 6.07) is 8.22. The molecule has 10 heteroatoms. The topological polar surface area (TPSA) is 102 Å². The lowest BCUT2D eigenvalue weighted by Crippen LogP contribution is -2.33. The molecule has 0 saturated carbocycles. The molecule has 0 bridgehead atoms. The molecule has 176 valence electrons. The van der Waals surface area contributed by atoms with Gasteiger partial charge in [0.2, 0.25) is 5.43 Å². The van der Waals surface area contributed by atoms with Crippen molar-refractivity contribution in [1.29, 1.82) is 0 Å². The van der Waals surface area contributed by atoms with Gasteiger partial charge in [0.25, 0.3) is 11.8 Å². The minimum Gasteiger partial charge on any atom is -0.376 e. The zero-order chi connectivity index (χ0) is 23.7. The number of aromatic nitrogens is 2. The molecule has 1 fully saturated rings. The highest BCUT2D eigenvalue weighted by Crippen LogP contribution is 2.39. The van der Waals surface area contributed by atoms with Crippen LogP contribution >= 0.6 is 22.9 Å². The van der Waals surface area contributed by atoms with Gasteiger partial charge in [0.1, 0.15) is 5.00 Å². The fourth-order valence-corrected chi connectivity index (χ4v) is 5.79. The van der Waals surface area contributed by atoms with E-state index in [-0.39, 0.29) is 17.7 Å². The minimum atomic E-state index is -0.658. The van der Waals surface area contributed by atoms with Gasteiger partial charge in [-0.3, -0.25) is 14.4 Å². The van der Waals surface area contributed by atoms with Crippen LogP contribution in [0, 0.1) is 0 Å². The number of nitrogens with zero attached hydrogens (tertiary/aromatic N) is 2. The molecule has 3 aromatic rings. The van der Waals surface area contributed by atoms with Crippen LogP contribution in [0.1, 0.15) is 50.5 Å². The first-order valence-electron chi connectivity index (χ1n) is 11.2.